The Hall–Kier alpha value is -1.50. The molecule has 0 aliphatic rings. The molecular weight excluding hydrogens is 268 g/mol. The van der Waals surface area contributed by atoms with Crippen LogP contribution in [0.4, 0.5) is 0 Å². The molecule has 1 rings (SSSR count). The van der Waals surface area contributed by atoms with Crippen LogP contribution in [0.2, 0.25) is 0 Å². The Balaban J connectivity index is 2.73. The largest absolute Gasteiger partial charge is 0.493 e. The highest BCUT2D eigenvalue weighted by Crippen LogP contribution is 2.28. The Bertz CT molecular complexity index is 497. The zero-order chi connectivity index (χ0) is 16.4. The van der Waals surface area contributed by atoms with E-state index < -0.39 is 0 Å². The highest BCUT2D eigenvalue weighted by Gasteiger charge is 2.08. The van der Waals surface area contributed by atoms with Gasteiger partial charge in [0.25, 0.3) is 0 Å². The third-order valence-corrected chi connectivity index (χ3v) is 4.09. The molecule has 0 atom stereocenters. The quantitative estimate of drug-likeness (QED) is 0.354. The van der Waals surface area contributed by atoms with Crippen molar-refractivity contribution in [2.75, 3.05) is 6.61 Å². The molecule has 0 fully saturated rings. The van der Waals surface area contributed by atoms with Gasteiger partial charge in [0.2, 0.25) is 0 Å². The van der Waals surface area contributed by atoms with Gasteiger partial charge in [-0.15, -0.1) is 0 Å². The van der Waals surface area contributed by atoms with Crippen molar-refractivity contribution in [2.24, 2.45) is 0 Å². The maximum Gasteiger partial charge on any atom is 0.122 e. The molecule has 1 nitrogen and oxygen atoms in total. The molecular formula is C21H32O. The van der Waals surface area contributed by atoms with Gasteiger partial charge in [-0.3, -0.25) is 0 Å². The second-order valence-electron chi connectivity index (χ2n) is 5.98. The highest BCUT2D eigenvalue weighted by atomic mass is 16.5. The molecule has 122 valence electrons. The zero-order valence-electron chi connectivity index (χ0n) is 14.9. The first-order valence-electron chi connectivity index (χ1n) is 8.70. The van der Waals surface area contributed by atoms with Crippen LogP contribution >= 0.6 is 0 Å². The van der Waals surface area contributed by atoms with Crippen LogP contribution in [0.3, 0.4) is 0 Å². The van der Waals surface area contributed by atoms with Gasteiger partial charge in [0.1, 0.15) is 5.75 Å². The van der Waals surface area contributed by atoms with Crippen molar-refractivity contribution >= 4 is 5.57 Å². The molecule has 0 amide bonds. The van der Waals surface area contributed by atoms with Crippen LogP contribution in [0.1, 0.15) is 69.6 Å². The van der Waals surface area contributed by atoms with Crippen LogP contribution in [0.15, 0.2) is 30.9 Å². The van der Waals surface area contributed by atoms with E-state index in [1.807, 2.05) is 6.08 Å². The van der Waals surface area contributed by atoms with Gasteiger partial charge in [-0.2, -0.15) is 0 Å². The van der Waals surface area contributed by atoms with Crippen LogP contribution in [-0.4, -0.2) is 6.61 Å². The Morgan fingerprint density at radius 1 is 1.14 bits per heavy atom. The minimum absolute atomic E-state index is 0.830. The number of aryl methyl sites for hydroxylation is 2. The summed E-state index contributed by atoms with van der Waals surface area (Å²) in [5.41, 5.74) is 5.13. The molecule has 0 saturated heterocycles. The maximum absolute atomic E-state index is 6.04. The molecule has 1 heteroatoms. The fraction of sp³-hybridized carbons (Fsp3) is 0.524. The topological polar surface area (TPSA) is 9.23 Å². The van der Waals surface area contributed by atoms with Crippen molar-refractivity contribution in [2.45, 2.75) is 66.2 Å². The van der Waals surface area contributed by atoms with E-state index in [4.69, 9.17) is 4.74 Å². The summed E-state index contributed by atoms with van der Waals surface area (Å²) < 4.78 is 6.04. The van der Waals surface area contributed by atoms with Crippen LogP contribution in [-0.2, 0) is 6.42 Å². The van der Waals surface area contributed by atoms with E-state index in [-0.39, 0.29) is 0 Å². The Morgan fingerprint density at radius 3 is 2.50 bits per heavy atom. The predicted molar refractivity (Wildman–Crippen MR) is 98.7 cm³/mol. The predicted octanol–water partition coefficient (Wildman–Crippen LogP) is 6.50. The molecule has 22 heavy (non-hydrogen) atoms. The van der Waals surface area contributed by atoms with Crippen LogP contribution < -0.4 is 4.74 Å². The third-order valence-electron chi connectivity index (χ3n) is 4.09. The lowest BCUT2D eigenvalue weighted by molar-refractivity contribution is 0.301. The number of ether oxygens (including phenoxy) is 1. The van der Waals surface area contributed by atoms with Gasteiger partial charge < -0.3 is 4.74 Å². The van der Waals surface area contributed by atoms with Gasteiger partial charge in [-0.25, -0.2) is 0 Å². The second-order valence-corrected chi connectivity index (χ2v) is 5.98. The van der Waals surface area contributed by atoms with E-state index in [9.17, 15) is 0 Å². The molecule has 0 spiro atoms. The van der Waals surface area contributed by atoms with Crippen molar-refractivity contribution in [3.05, 3.63) is 47.6 Å². The first-order chi connectivity index (χ1) is 10.6. The summed E-state index contributed by atoms with van der Waals surface area (Å²) in [7, 11) is 0. The van der Waals surface area contributed by atoms with E-state index in [2.05, 4.69) is 52.5 Å². The molecule has 0 bridgehead atoms. The van der Waals surface area contributed by atoms with Gasteiger partial charge in [0.15, 0.2) is 0 Å². The van der Waals surface area contributed by atoms with Gasteiger partial charge in [0, 0.05) is 0 Å². The monoisotopic (exact) mass is 300 g/mol. The molecule has 1 aromatic carbocycles. The molecule has 0 aliphatic carbocycles. The number of hydrogen-bond acceptors (Lipinski definition) is 1. The molecule has 0 saturated carbocycles. The molecule has 1 aromatic rings. The van der Waals surface area contributed by atoms with Crippen molar-refractivity contribution in [1.29, 1.82) is 0 Å². The molecule has 0 unspecified atom stereocenters. The third kappa shape index (κ3) is 5.71. The van der Waals surface area contributed by atoms with Crippen molar-refractivity contribution < 1.29 is 4.74 Å². The normalized spacial score (nSPS) is 11.5. The fourth-order valence-electron chi connectivity index (χ4n) is 2.72. The van der Waals surface area contributed by atoms with Crippen molar-refractivity contribution in [3.8, 4) is 5.75 Å². The molecule has 0 aliphatic heterocycles. The highest BCUT2D eigenvalue weighted by molar-refractivity contribution is 5.69. The average Bonchev–Trinajstić information content (AvgIpc) is 2.51. The lowest BCUT2D eigenvalue weighted by Crippen LogP contribution is -2.02. The summed E-state index contributed by atoms with van der Waals surface area (Å²) in [6.07, 6.45) is 11.3. The van der Waals surface area contributed by atoms with Crippen LogP contribution in [0, 0.1) is 6.92 Å². The van der Waals surface area contributed by atoms with E-state index in [1.54, 1.807) is 0 Å². The minimum atomic E-state index is 0.830. The summed E-state index contributed by atoms with van der Waals surface area (Å²) in [4.78, 5) is 0. The average molecular weight is 300 g/mol. The van der Waals surface area contributed by atoms with Crippen molar-refractivity contribution in [1.82, 2.24) is 0 Å². The van der Waals surface area contributed by atoms with Gasteiger partial charge in [0.05, 0.1) is 6.61 Å². The molecule has 0 heterocycles. The standard InChI is InChI=1S/C21H32O/c1-6-9-10-11-12-14-22-21-15-18(5)20(16-19(21)8-3)17(4)13-7-2/h7,13,15-16H,2,6,8-12,14H2,1,3-5H3/b17-13-. The Labute approximate surface area is 137 Å². The number of hydrogen-bond donors (Lipinski definition) is 0. The van der Waals surface area contributed by atoms with E-state index in [1.165, 1.54) is 47.9 Å². The van der Waals surface area contributed by atoms with E-state index >= 15 is 0 Å². The van der Waals surface area contributed by atoms with Crippen molar-refractivity contribution in [3.63, 3.8) is 0 Å². The summed E-state index contributed by atoms with van der Waals surface area (Å²) >= 11 is 0. The minimum Gasteiger partial charge on any atom is -0.493 e. The SMILES string of the molecule is C=C/C=C(/C)c1cc(CC)c(OCCCCCCC)cc1C. The summed E-state index contributed by atoms with van der Waals surface area (Å²) in [6, 6.07) is 4.47. The molecule has 0 aromatic heterocycles. The number of allylic oxidation sites excluding steroid dienone is 3. The fourth-order valence-corrected chi connectivity index (χ4v) is 2.72. The van der Waals surface area contributed by atoms with Crippen LogP contribution in [0.25, 0.3) is 5.57 Å². The number of rotatable bonds is 10. The number of unbranched alkanes of at least 4 members (excludes halogenated alkanes) is 4. The summed E-state index contributed by atoms with van der Waals surface area (Å²) in [5, 5.41) is 0. The molecule has 0 radical (unpaired) electrons. The smallest absolute Gasteiger partial charge is 0.122 e. The van der Waals surface area contributed by atoms with E-state index in [0.29, 0.717) is 0 Å². The first kappa shape index (κ1) is 18.5. The van der Waals surface area contributed by atoms with Gasteiger partial charge in [-0.05, 0) is 61.1 Å². The Morgan fingerprint density at radius 2 is 1.86 bits per heavy atom. The lowest BCUT2D eigenvalue weighted by Gasteiger charge is -2.15. The Kier molecular flexibility index (Phi) is 8.65. The van der Waals surface area contributed by atoms with E-state index in [0.717, 1.165) is 25.2 Å². The van der Waals surface area contributed by atoms with Crippen LogP contribution in [0.5, 0.6) is 5.75 Å². The number of benzene rings is 1. The first-order valence-corrected chi connectivity index (χ1v) is 8.70. The maximum atomic E-state index is 6.04. The summed E-state index contributed by atoms with van der Waals surface area (Å²) in [6.45, 7) is 13.3. The zero-order valence-corrected chi connectivity index (χ0v) is 14.9. The molecule has 0 N–H and O–H groups in total. The van der Waals surface area contributed by atoms with Gasteiger partial charge in [-0.1, -0.05) is 58.3 Å². The second kappa shape index (κ2) is 10.3. The van der Waals surface area contributed by atoms with Gasteiger partial charge >= 0.3 is 0 Å². The summed E-state index contributed by atoms with van der Waals surface area (Å²) in [5.74, 6) is 1.06. The lowest BCUT2D eigenvalue weighted by atomic mass is 9.97.